The fraction of sp³-hybridized carbons (Fsp3) is 0.333. The van der Waals surface area contributed by atoms with Gasteiger partial charge in [-0.05, 0) is 32.0 Å². The lowest BCUT2D eigenvalue weighted by Crippen LogP contribution is -2.21. The van der Waals surface area contributed by atoms with Crippen LogP contribution in [-0.2, 0) is 9.59 Å². The highest BCUT2D eigenvalue weighted by molar-refractivity contribution is 8.01. The monoisotopic (exact) mass is 238 g/mol. The van der Waals surface area contributed by atoms with Crippen molar-refractivity contribution in [2.45, 2.75) is 24.0 Å². The number of hydrogen-bond donors (Lipinski definition) is 0. The molecule has 0 heterocycles. The van der Waals surface area contributed by atoms with Crippen LogP contribution in [0.1, 0.15) is 13.8 Å². The number of ether oxygens (including phenoxy) is 1. The Kier molecular flexibility index (Phi) is 4.55. The second kappa shape index (κ2) is 5.70. The summed E-state index contributed by atoms with van der Waals surface area (Å²) in [6.45, 7) is 2.86. The lowest BCUT2D eigenvalue weighted by molar-refractivity contribution is -0.123. The van der Waals surface area contributed by atoms with E-state index in [1.165, 1.54) is 25.6 Å². The van der Waals surface area contributed by atoms with Gasteiger partial charge in [0.25, 0.3) is 0 Å². The number of thioether (sulfide) groups is 1. The highest BCUT2D eigenvalue weighted by Gasteiger charge is 2.20. The van der Waals surface area contributed by atoms with Crippen molar-refractivity contribution in [1.82, 2.24) is 0 Å². The fourth-order valence-corrected chi connectivity index (χ4v) is 2.21. The van der Waals surface area contributed by atoms with E-state index in [4.69, 9.17) is 4.74 Å². The Bertz CT molecular complexity index is 387. The zero-order valence-electron chi connectivity index (χ0n) is 9.52. The standard InChI is InChI=1S/C12H14O3S/c1-8(13)12(9(2)14)16-11-6-4-5-10(7-11)15-3/h4-7,12H,1-3H3. The molecule has 1 rings (SSSR count). The Morgan fingerprint density at radius 2 is 1.88 bits per heavy atom. The average molecular weight is 238 g/mol. The highest BCUT2D eigenvalue weighted by Crippen LogP contribution is 2.27. The van der Waals surface area contributed by atoms with Crippen LogP contribution < -0.4 is 4.74 Å². The van der Waals surface area contributed by atoms with Crippen molar-refractivity contribution in [3.8, 4) is 5.75 Å². The number of carbonyl (C=O) groups is 2. The second-order valence-corrected chi connectivity index (χ2v) is 4.58. The van der Waals surface area contributed by atoms with E-state index in [0.29, 0.717) is 0 Å². The minimum absolute atomic E-state index is 0.125. The van der Waals surface area contributed by atoms with Gasteiger partial charge in [0.2, 0.25) is 0 Å². The van der Waals surface area contributed by atoms with Gasteiger partial charge in [-0.25, -0.2) is 0 Å². The molecule has 0 aliphatic carbocycles. The lowest BCUT2D eigenvalue weighted by Gasteiger charge is -2.10. The van der Waals surface area contributed by atoms with Crippen LogP contribution in [0.15, 0.2) is 29.2 Å². The molecule has 1 aromatic rings. The maximum atomic E-state index is 11.3. The van der Waals surface area contributed by atoms with Crippen LogP contribution in [-0.4, -0.2) is 23.9 Å². The topological polar surface area (TPSA) is 43.4 Å². The van der Waals surface area contributed by atoms with Gasteiger partial charge in [-0.3, -0.25) is 9.59 Å². The fourth-order valence-electron chi connectivity index (χ4n) is 1.26. The SMILES string of the molecule is COc1cccc(SC(C(C)=O)C(C)=O)c1. The van der Waals surface area contributed by atoms with Crippen LogP contribution in [0.4, 0.5) is 0 Å². The molecule has 0 aromatic heterocycles. The van der Waals surface area contributed by atoms with E-state index in [-0.39, 0.29) is 11.6 Å². The summed E-state index contributed by atoms with van der Waals surface area (Å²) in [5.74, 6) is 0.469. The molecule has 86 valence electrons. The van der Waals surface area contributed by atoms with Gasteiger partial charge < -0.3 is 4.74 Å². The van der Waals surface area contributed by atoms with Crippen LogP contribution in [0, 0.1) is 0 Å². The van der Waals surface area contributed by atoms with E-state index in [2.05, 4.69) is 0 Å². The van der Waals surface area contributed by atoms with Gasteiger partial charge in [-0.15, -0.1) is 11.8 Å². The van der Waals surface area contributed by atoms with Gasteiger partial charge in [-0.1, -0.05) is 6.07 Å². The van der Waals surface area contributed by atoms with Crippen molar-refractivity contribution >= 4 is 23.3 Å². The molecule has 1 aromatic carbocycles. The van der Waals surface area contributed by atoms with E-state index >= 15 is 0 Å². The molecule has 4 heteroatoms. The zero-order valence-corrected chi connectivity index (χ0v) is 10.3. The molecular weight excluding hydrogens is 224 g/mol. The van der Waals surface area contributed by atoms with Crippen molar-refractivity contribution in [2.75, 3.05) is 7.11 Å². The first-order chi connectivity index (χ1) is 7.54. The Morgan fingerprint density at radius 1 is 1.25 bits per heavy atom. The maximum Gasteiger partial charge on any atom is 0.150 e. The average Bonchev–Trinajstić information content (AvgIpc) is 2.25. The lowest BCUT2D eigenvalue weighted by atomic mass is 10.2. The third-order valence-electron chi connectivity index (χ3n) is 2.03. The van der Waals surface area contributed by atoms with E-state index in [0.717, 1.165) is 10.6 Å². The van der Waals surface area contributed by atoms with Gasteiger partial charge in [0.1, 0.15) is 11.0 Å². The first-order valence-corrected chi connectivity index (χ1v) is 5.74. The van der Waals surface area contributed by atoms with Crippen LogP contribution in [0.5, 0.6) is 5.75 Å². The van der Waals surface area contributed by atoms with Crippen molar-refractivity contribution in [2.24, 2.45) is 0 Å². The largest absolute Gasteiger partial charge is 0.497 e. The molecule has 0 N–H and O–H groups in total. The predicted octanol–water partition coefficient (Wildman–Crippen LogP) is 2.33. The number of ketones is 2. The van der Waals surface area contributed by atoms with Crippen molar-refractivity contribution < 1.29 is 14.3 Å². The molecule has 3 nitrogen and oxygen atoms in total. The first-order valence-electron chi connectivity index (χ1n) is 4.86. The summed E-state index contributed by atoms with van der Waals surface area (Å²) >= 11 is 1.26. The Hall–Kier alpha value is -1.29. The Balaban J connectivity index is 2.85. The summed E-state index contributed by atoms with van der Waals surface area (Å²) in [7, 11) is 1.58. The van der Waals surface area contributed by atoms with Crippen LogP contribution >= 0.6 is 11.8 Å². The second-order valence-electron chi connectivity index (χ2n) is 3.40. The first kappa shape index (κ1) is 12.8. The van der Waals surface area contributed by atoms with Gasteiger partial charge in [0.15, 0.2) is 11.6 Å². The summed E-state index contributed by atoms with van der Waals surface area (Å²) in [6.07, 6.45) is 0. The number of rotatable bonds is 5. The van der Waals surface area contributed by atoms with Crippen LogP contribution in [0.3, 0.4) is 0 Å². The summed E-state index contributed by atoms with van der Waals surface area (Å²) in [4.78, 5) is 23.4. The van der Waals surface area contributed by atoms with Crippen molar-refractivity contribution in [3.05, 3.63) is 24.3 Å². The van der Waals surface area contributed by atoms with E-state index in [9.17, 15) is 9.59 Å². The van der Waals surface area contributed by atoms with Gasteiger partial charge in [0.05, 0.1) is 7.11 Å². The van der Waals surface area contributed by atoms with Gasteiger partial charge >= 0.3 is 0 Å². The van der Waals surface area contributed by atoms with Crippen molar-refractivity contribution in [1.29, 1.82) is 0 Å². The van der Waals surface area contributed by atoms with E-state index in [1.54, 1.807) is 7.11 Å². The smallest absolute Gasteiger partial charge is 0.150 e. The number of methoxy groups -OCH3 is 1. The van der Waals surface area contributed by atoms with Gasteiger partial charge in [-0.2, -0.15) is 0 Å². The molecule has 16 heavy (non-hydrogen) atoms. The molecule has 0 bridgehead atoms. The molecule has 0 atom stereocenters. The molecule has 0 aliphatic heterocycles. The molecule has 0 unspecified atom stereocenters. The van der Waals surface area contributed by atoms with E-state index in [1.807, 2.05) is 24.3 Å². The summed E-state index contributed by atoms with van der Waals surface area (Å²) in [5.41, 5.74) is 0. The molecular formula is C12H14O3S. The number of benzene rings is 1. The van der Waals surface area contributed by atoms with Crippen molar-refractivity contribution in [3.63, 3.8) is 0 Å². The van der Waals surface area contributed by atoms with Crippen LogP contribution in [0.2, 0.25) is 0 Å². The Labute approximate surface area is 99.2 Å². The molecule has 0 spiro atoms. The Morgan fingerprint density at radius 3 is 2.38 bits per heavy atom. The third kappa shape index (κ3) is 3.38. The molecule has 0 amide bonds. The molecule has 0 saturated heterocycles. The summed E-state index contributed by atoms with van der Waals surface area (Å²) in [5, 5.41) is -0.618. The quantitative estimate of drug-likeness (QED) is 0.583. The maximum absolute atomic E-state index is 11.3. The minimum Gasteiger partial charge on any atom is -0.497 e. The molecule has 0 fully saturated rings. The predicted molar refractivity (Wildman–Crippen MR) is 64.0 cm³/mol. The third-order valence-corrected chi connectivity index (χ3v) is 3.46. The molecule has 0 aliphatic rings. The summed E-state index contributed by atoms with van der Waals surface area (Å²) < 4.78 is 5.07. The summed E-state index contributed by atoms with van der Waals surface area (Å²) in [6, 6.07) is 7.31. The number of Topliss-reactive ketones (excluding diaryl/α,β-unsaturated/α-hetero) is 2. The highest BCUT2D eigenvalue weighted by atomic mass is 32.2. The van der Waals surface area contributed by atoms with E-state index < -0.39 is 5.25 Å². The molecule has 0 saturated carbocycles. The normalized spacial score (nSPS) is 10.2. The molecule has 0 radical (unpaired) electrons. The minimum atomic E-state index is -0.618. The van der Waals surface area contributed by atoms with Gasteiger partial charge in [0, 0.05) is 4.90 Å². The zero-order chi connectivity index (χ0) is 12.1. The van der Waals surface area contributed by atoms with Crippen LogP contribution in [0.25, 0.3) is 0 Å². The number of hydrogen-bond acceptors (Lipinski definition) is 4. The number of carbonyl (C=O) groups excluding carboxylic acids is 2.